The third kappa shape index (κ3) is 5.41. The summed E-state index contributed by atoms with van der Waals surface area (Å²) >= 11 is 0. The van der Waals surface area contributed by atoms with Crippen LogP contribution in [0.1, 0.15) is 57.2 Å². The van der Waals surface area contributed by atoms with Crippen molar-refractivity contribution >= 4 is 84.3 Å². The molecule has 4 heterocycles. The lowest BCUT2D eigenvalue weighted by molar-refractivity contribution is 0.332. The van der Waals surface area contributed by atoms with Crippen LogP contribution in [0.3, 0.4) is 0 Å². The number of rotatable bonds is 5. The summed E-state index contributed by atoms with van der Waals surface area (Å²) in [6.07, 6.45) is 2.28. The van der Waals surface area contributed by atoms with Gasteiger partial charge in [0.25, 0.3) is 0 Å². The molecule has 5 nitrogen and oxygen atoms in total. The van der Waals surface area contributed by atoms with Crippen LogP contribution in [0.4, 0.5) is 11.4 Å². The van der Waals surface area contributed by atoms with E-state index < -0.39 is 0 Å². The van der Waals surface area contributed by atoms with Gasteiger partial charge < -0.3 is 18.9 Å². The molecule has 1 aliphatic heterocycles. The summed E-state index contributed by atoms with van der Waals surface area (Å²) in [6, 6.07) is 57.5. The summed E-state index contributed by atoms with van der Waals surface area (Å²) in [5, 5.41) is 8.84. The van der Waals surface area contributed by atoms with Crippen molar-refractivity contribution in [2.24, 2.45) is 0 Å². The van der Waals surface area contributed by atoms with Crippen LogP contribution >= 0.6 is 0 Å². The molecule has 0 bridgehead atoms. The van der Waals surface area contributed by atoms with Crippen molar-refractivity contribution in [3.8, 4) is 34.0 Å². The molecule has 0 spiro atoms. The Kier molecular flexibility index (Phi) is 7.78. The minimum atomic E-state index is 0.0181. The van der Waals surface area contributed by atoms with Gasteiger partial charge in [-0.25, -0.2) is 4.98 Å². The maximum absolute atomic E-state index is 6.58. The maximum Gasteiger partial charge on any atom is 0.227 e. The standard InChI is InChI=1S/C58H46BN4O/c1-34-23-25-36(26-24-34)60-45-20-12-9-17-37(45)40-30-51(62-47-21-13-10-18-38(47)39-19-11-14-22-48(39)62)53-41-29-42-43(58(4,5)28-27-57(42,2)3)31-49(41)63-50-33-46-52(32-44(50)59-54(40)55(53)63)64-56(61-46)35-15-7-6-8-16-35/h6-26,29-33,60H,27-28H2,1-5H3. The fraction of sp³-hybridized carbons (Fsp3) is 0.155. The van der Waals surface area contributed by atoms with E-state index in [9.17, 15) is 0 Å². The van der Waals surface area contributed by atoms with Gasteiger partial charge in [-0.1, -0.05) is 124 Å². The second-order valence-corrected chi connectivity index (χ2v) is 19.4. The van der Waals surface area contributed by atoms with Crippen LogP contribution in [0.2, 0.25) is 0 Å². The van der Waals surface area contributed by atoms with E-state index in [1.807, 2.05) is 18.2 Å². The van der Waals surface area contributed by atoms with E-state index in [-0.39, 0.29) is 10.8 Å². The van der Waals surface area contributed by atoms with Crippen LogP contribution in [0, 0.1) is 6.92 Å². The Morgan fingerprint density at radius 1 is 0.594 bits per heavy atom. The molecule has 0 saturated heterocycles. The van der Waals surface area contributed by atoms with E-state index in [1.165, 1.54) is 71.5 Å². The quantitative estimate of drug-likeness (QED) is 0.176. The Hall–Kier alpha value is -7.31. The summed E-state index contributed by atoms with van der Waals surface area (Å²) in [5.41, 5.74) is 20.5. The van der Waals surface area contributed by atoms with Crippen molar-refractivity contribution in [1.82, 2.24) is 14.1 Å². The highest BCUT2D eigenvalue weighted by atomic mass is 16.3. The van der Waals surface area contributed by atoms with Gasteiger partial charge in [0.2, 0.25) is 5.89 Å². The Labute approximate surface area is 373 Å². The van der Waals surface area contributed by atoms with Gasteiger partial charge in [-0.2, -0.15) is 0 Å². The lowest BCUT2D eigenvalue weighted by Crippen LogP contribution is -2.37. The molecular weight excluding hydrogens is 779 g/mol. The van der Waals surface area contributed by atoms with Gasteiger partial charge in [-0.15, -0.1) is 0 Å². The summed E-state index contributed by atoms with van der Waals surface area (Å²) in [6.45, 7) is 11.9. The lowest BCUT2D eigenvalue weighted by Gasteiger charge is -2.42. The molecule has 13 rings (SSSR count). The number of benzene rings is 8. The number of hydrogen-bond acceptors (Lipinski definition) is 3. The molecule has 11 aromatic rings. The van der Waals surface area contributed by atoms with Gasteiger partial charge in [0.1, 0.15) is 5.52 Å². The number of para-hydroxylation sites is 3. The Bertz CT molecular complexity index is 3680. The van der Waals surface area contributed by atoms with E-state index in [0.717, 1.165) is 63.2 Å². The number of fused-ring (bicyclic) bond motifs is 10. The van der Waals surface area contributed by atoms with E-state index in [4.69, 9.17) is 9.40 Å². The Morgan fingerprint density at radius 3 is 1.98 bits per heavy atom. The highest BCUT2D eigenvalue weighted by Gasteiger charge is 2.39. The molecule has 6 heteroatoms. The maximum atomic E-state index is 6.58. The van der Waals surface area contributed by atoms with Crippen molar-refractivity contribution < 1.29 is 4.42 Å². The first kappa shape index (κ1) is 37.3. The highest BCUT2D eigenvalue weighted by molar-refractivity contribution is 6.74. The van der Waals surface area contributed by atoms with Gasteiger partial charge in [0.05, 0.1) is 27.8 Å². The molecule has 0 saturated carbocycles. The minimum absolute atomic E-state index is 0.0181. The number of nitrogens with one attached hydrogen (secondary N) is 1. The molecule has 0 atom stereocenters. The molecule has 0 amide bonds. The van der Waals surface area contributed by atoms with Crippen molar-refractivity contribution in [3.05, 3.63) is 174 Å². The number of oxazole rings is 1. The summed E-state index contributed by atoms with van der Waals surface area (Å²) in [5.74, 6) is 0.626. The average Bonchev–Trinajstić information content (AvgIpc) is 3.99. The second kappa shape index (κ2) is 13.4. The van der Waals surface area contributed by atoms with Gasteiger partial charge in [0, 0.05) is 49.7 Å². The van der Waals surface area contributed by atoms with Crippen molar-refractivity contribution in [2.75, 3.05) is 5.32 Å². The van der Waals surface area contributed by atoms with E-state index in [0.29, 0.717) is 5.89 Å². The van der Waals surface area contributed by atoms with E-state index in [1.54, 1.807) is 0 Å². The molecule has 1 aliphatic carbocycles. The number of aryl methyl sites for hydroxylation is 1. The minimum Gasteiger partial charge on any atom is -0.436 e. The van der Waals surface area contributed by atoms with Crippen LogP contribution in [0.25, 0.3) is 88.7 Å². The number of aromatic nitrogens is 3. The van der Waals surface area contributed by atoms with E-state index >= 15 is 0 Å². The van der Waals surface area contributed by atoms with E-state index in [2.05, 4.69) is 196 Å². The lowest BCUT2D eigenvalue weighted by atomic mass is 9.59. The fourth-order valence-electron chi connectivity index (χ4n) is 11.0. The number of hydrogen-bond donors (Lipinski definition) is 1. The predicted molar refractivity (Wildman–Crippen MR) is 268 cm³/mol. The van der Waals surface area contributed by atoms with Crippen LogP contribution in [0.5, 0.6) is 0 Å². The first-order valence-corrected chi connectivity index (χ1v) is 22.6. The first-order valence-electron chi connectivity index (χ1n) is 22.6. The third-order valence-corrected chi connectivity index (χ3v) is 14.5. The van der Waals surface area contributed by atoms with Gasteiger partial charge >= 0.3 is 0 Å². The number of nitrogens with zero attached hydrogens (tertiary/aromatic N) is 3. The molecule has 3 aromatic heterocycles. The molecule has 64 heavy (non-hydrogen) atoms. The van der Waals surface area contributed by atoms with Crippen LogP contribution in [0.15, 0.2) is 162 Å². The highest BCUT2D eigenvalue weighted by Crippen LogP contribution is 2.50. The second-order valence-electron chi connectivity index (χ2n) is 19.4. The van der Waals surface area contributed by atoms with Crippen molar-refractivity contribution in [2.45, 2.75) is 58.3 Å². The van der Waals surface area contributed by atoms with Gasteiger partial charge in [-0.05, 0) is 126 Å². The summed E-state index contributed by atoms with van der Waals surface area (Å²) in [4.78, 5) is 5.13. The molecule has 307 valence electrons. The van der Waals surface area contributed by atoms with Crippen LogP contribution in [-0.2, 0) is 10.8 Å². The zero-order valence-electron chi connectivity index (χ0n) is 36.8. The molecule has 0 fully saturated rings. The van der Waals surface area contributed by atoms with Crippen molar-refractivity contribution in [1.29, 1.82) is 0 Å². The zero-order chi connectivity index (χ0) is 43.1. The molecular formula is C58H46BN4O. The molecule has 8 aromatic carbocycles. The Balaban J connectivity index is 1.21. The Morgan fingerprint density at radius 2 is 1.25 bits per heavy atom. The zero-order valence-corrected chi connectivity index (χ0v) is 36.8. The third-order valence-electron chi connectivity index (χ3n) is 14.5. The molecule has 0 unspecified atom stereocenters. The topological polar surface area (TPSA) is 47.9 Å². The number of anilines is 2. The molecule has 1 radical (unpaired) electrons. The SMILES string of the molecule is Cc1ccc(Nc2ccccc2-c2cc(-n3c4ccccc4c4ccccc43)c3c4cc5c(cc4n4c3c2[B]c2cc3oc(-c6ccccc6)nc3cc2-4)C(C)(C)CCC5(C)C)cc1. The smallest absolute Gasteiger partial charge is 0.227 e. The van der Waals surface area contributed by atoms with Crippen LogP contribution < -0.4 is 16.2 Å². The molecule has 1 N–H and O–H groups in total. The van der Waals surface area contributed by atoms with Crippen LogP contribution in [-0.4, -0.2) is 21.4 Å². The predicted octanol–water partition coefficient (Wildman–Crippen LogP) is 13.7. The van der Waals surface area contributed by atoms with Crippen molar-refractivity contribution in [3.63, 3.8) is 0 Å². The van der Waals surface area contributed by atoms with Gasteiger partial charge in [-0.3, -0.25) is 0 Å². The normalized spacial score (nSPS) is 14.9. The fourth-order valence-corrected chi connectivity index (χ4v) is 11.0. The average molecular weight is 826 g/mol. The summed E-state index contributed by atoms with van der Waals surface area (Å²) < 4.78 is 11.7. The summed E-state index contributed by atoms with van der Waals surface area (Å²) in [7, 11) is 2.40. The monoisotopic (exact) mass is 825 g/mol. The largest absolute Gasteiger partial charge is 0.436 e. The van der Waals surface area contributed by atoms with Gasteiger partial charge in [0.15, 0.2) is 12.9 Å². The molecule has 2 aliphatic rings. The first-order chi connectivity index (χ1) is 31.1.